The van der Waals surface area contributed by atoms with E-state index in [9.17, 15) is 26.3 Å². The SMILES string of the molecule is CCCCc1ccc2c(cc(F)c3cc(-c4ccc(OC(F)(F)F)c(F)c4)ccc32)c1F. The molecule has 0 spiro atoms. The molecule has 1 nitrogen and oxygen atoms in total. The second-order valence-corrected chi connectivity index (χ2v) is 7.55. The van der Waals surface area contributed by atoms with Gasteiger partial charge in [0.25, 0.3) is 0 Å². The van der Waals surface area contributed by atoms with E-state index in [1.54, 1.807) is 24.3 Å². The molecule has 0 bridgehead atoms. The van der Waals surface area contributed by atoms with Crippen LogP contribution in [0.15, 0.2) is 54.6 Å². The van der Waals surface area contributed by atoms with Gasteiger partial charge in [-0.25, -0.2) is 13.2 Å². The Bertz CT molecular complexity index is 1310. The van der Waals surface area contributed by atoms with Gasteiger partial charge in [0.05, 0.1) is 0 Å². The van der Waals surface area contributed by atoms with E-state index < -0.39 is 29.6 Å². The molecule has 0 aliphatic heterocycles. The van der Waals surface area contributed by atoms with Gasteiger partial charge in [0.2, 0.25) is 0 Å². The molecule has 0 aliphatic carbocycles. The smallest absolute Gasteiger partial charge is 0.403 e. The van der Waals surface area contributed by atoms with E-state index in [4.69, 9.17) is 0 Å². The summed E-state index contributed by atoms with van der Waals surface area (Å²) in [6.07, 6.45) is -2.71. The zero-order valence-electron chi connectivity index (χ0n) is 17.0. The summed E-state index contributed by atoms with van der Waals surface area (Å²) in [6, 6.07) is 12.3. The summed E-state index contributed by atoms with van der Waals surface area (Å²) in [5.74, 6) is -3.23. The van der Waals surface area contributed by atoms with Gasteiger partial charge in [-0.2, -0.15) is 0 Å². The van der Waals surface area contributed by atoms with Crippen molar-refractivity contribution in [2.45, 2.75) is 32.5 Å². The van der Waals surface area contributed by atoms with Crippen molar-refractivity contribution in [3.8, 4) is 16.9 Å². The van der Waals surface area contributed by atoms with Crippen LogP contribution in [0, 0.1) is 17.5 Å². The van der Waals surface area contributed by atoms with Gasteiger partial charge in [0, 0.05) is 10.8 Å². The molecule has 7 heteroatoms. The van der Waals surface area contributed by atoms with E-state index in [1.807, 2.05) is 6.92 Å². The molecule has 0 saturated carbocycles. The van der Waals surface area contributed by atoms with Crippen molar-refractivity contribution in [2.24, 2.45) is 0 Å². The number of hydrogen-bond donors (Lipinski definition) is 0. The second-order valence-electron chi connectivity index (χ2n) is 7.55. The molecule has 0 unspecified atom stereocenters. The highest BCUT2D eigenvalue weighted by Crippen LogP contribution is 2.35. The second kappa shape index (κ2) is 8.37. The largest absolute Gasteiger partial charge is 0.573 e. The quantitative estimate of drug-likeness (QED) is 0.220. The van der Waals surface area contributed by atoms with Crippen LogP contribution < -0.4 is 4.74 Å². The first kappa shape index (κ1) is 22.0. The van der Waals surface area contributed by atoms with Crippen LogP contribution in [0.4, 0.5) is 26.3 Å². The van der Waals surface area contributed by atoms with Gasteiger partial charge in [-0.15, -0.1) is 13.2 Å². The summed E-state index contributed by atoms with van der Waals surface area (Å²) in [6.45, 7) is 2.01. The number of rotatable bonds is 5. The lowest BCUT2D eigenvalue weighted by Crippen LogP contribution is -2.17. The third-order valence-corrected chi connectivity index (χ3v) is 5.39. The minimum Gasteiger partial charge on any atom is -0.403 e. The molecule has 4 aromatic rings. The van der Waals surface area contributed by atoms with Gasteiger partial charge < -0.3 is 4.74 Å². The summed E-state index contributed by atoms with van der Waals surface area (Å²) in [5, 5.41) is 1.43. The Hall–Kier alpha value is -3.22. The maximum absolute atomic E-state index is 14.9. The Balaban J connectivity index is 1.79. The Kier molecular flexibility index (Phi) is 5.75. The van der Waals surface area contributed by atoms with Crippen molar-refractivity contribution in [2.75, 3.05) is 0 Å². The monoisotopic (exact) mass is 448 g/mol. The number of ether oxygens (including phenoxy) is 1. The first-order chi connectivity index (χ1) is 15.2. The molecular formula is C25H18F6O. The number of benzene rings is 4. The molecule has 166 valence electrons. The molecule has 0 saturated heterocycles. The van der Waals surface area contributed by atoms with Crippen LogP contribution in [0.3, 0.4) is 0 Å². The molecular weight excluding hydrogens is 430 g/mol. The van der Waals surface area contributed by atoms with Crippen LogP contribution in [0.25, 0.3) is 32.7 Å². The number of alkyl halides is 3. The Morgan fingerprint density at radius 3 is 2.06 bits per heavy atom. The summed E-state index contributed by atoms with van der Waals surface area (Å²) in [7, 11) is 0. The molecule has 0 amide bonds. The van der Waals surface area contributed by atoms with Crippen molar-refractivity contribution in [1.29, 1.82) is 0 Å². The molecule has 4 rings (SSSR count). The van der Waals surface area contributed by atoms with Gasteiger partial charge in [0.15, 0.2) is 11.6 Å². The fraction of sp³-hybridized carbons (Fsp3) is 0.200. The number of hydrogen-bond acceptors (Lipinski definition) is 1. The van der Waals surface area contributed by atoms with E-state index in [0.29, 0.717) is 28.3 Å². The van der Waals surface area contributed by atoms with Gasteiger partial charge in [0.1, 0.15) is 11.6 Å². The van der Waals surface area contributed by atoms with Crippen LogP contribution in [-0.2, 0) is 6.42 Å². The van der Waals surface area contributed by atoms with Crippen molar-refractivity contribution in [3.05, 3.63) is 77.6 Å². The zero-order chi connectivity index (χ0) is 23.0. The standard InChI is InChI=1S/C25H18F6O/c1-2-3-4-14-5-8-18-17-9-6-15(11-19(17)21(26)13-20(18)24(14)28)16-7-10-23(22(27)12-16)32-25(29,30)31/h5-13H,2-4H2,1H3. The average Bonchev–Trinajstić information content (AvgIpc) is 2.74. The van der Waals surface area contributed by atoms with Crippen molar-refractivity contribution in [1.82, 2.24) is 0 Å². The summed E-state index contributed by atoms with van der Waals surface area (Å²) in [5.41, 5.74) is 1.18. The lowest BCUT2D eigenvalue weighted by atomic mass is 9.95. The lowest BCUT2D eigenvalue weighted by Gasteiger charge is -2.12. The molecule has 0 radical (unpaired) electrons. The van der Waals surface area contributed by atoms with Gasteiger partial charge in [-0.3, -0.25) is 0 Å². The van der Waals surface area contributed by atoms with Crippen LogP contribution in [0.1, 0.15) is 25.3 Å². The van der Waals surface area contributed by atoms with Crippen LogP contribution in [0.5, 0.6) is 5.75 Å². The van der Waals surface area contributed by atoms with E-state index >= 15 is 0 Å². The number of halogens is 6. The van der Waals surface area contributed by atoms with E-state index in [-0.39, 0.29) is 16.3 Å². The van der Waals surface area contributed by atoms with E-state index in [2.05, 4.69) is 4.74 Å². The first-order valence-corrected chi connectivity index (χ1v) is 10.1. The predicted molar refractivity (Wildman–Crippen MR) is 112 cm³/mol. The fourth-order valence-electron chi connectivity index (χ4n) is 3.82. The normalized spacial score (nSPS) is 12.0. The number of aryl methyl sites for hydroxylation is 1. The topological polar surface area (TPSA) is 9.23 Å². The summed E-state index contributed by atoms with van der Waals surface area (Å²) < 4.78 is 84.6. The molecule has 0 aromatic heterocycles. The highest BCUT2D eigenvalue weighted by atomic mass is 19.4. The van der Waals surface area contributed by atoms with E-state index in [0.717, 1.165) is 31.0 Å². The first-order valence-electron chi connectivity index (χ1n) is 10.1. The minimum atomic E-state index is -5.01. The third kappa shape index (κ3) is 4.24. The summed E-state index contributed by atoms with van der Waals surface area (Å²) in [4.78, 5) is 0. The fourth-order valence-corrected chi connectivity index (χ4v) is 3.82. The van der Waals surface area contributed by atoms with Gasteiger partial charge in [-0.1, -0.05) is 43.7 Å². The predicted octanol–water partition coefficient (Wildman–Crippen LogP) is 8.32. The molecule has 0 heterocycles. The number of unbranched alkanes of at least 4 members (excludes halogenated alkanes) is 1. The average molecular weight is 448 g/mol. The van der Waals surface area contributed by atoms with Gasteiger partial charge >= 0.3 is 6.36 Å². The van der Waals surface area contributed by atoms with Crippen molar-refractivity contribution < 1.29 is 31.1 Å². The van der Waals surface area contributed by atoms with Crippen LogP contribution in [0.2, 0.25) is 0 Å². The molecule has 0 aliphatic rings. The van der Waals surface area contributed by atoms with Crippen LogP contribution in [-0.4, -0.2) is 6.36 Å². The van der Waals surface area contributed by atoms with E-state index in [1.165, 1.54) is 12.1 Å². The lowest BCUT2D eigenvalue weighted by molar-refractivity contribution is -0.275. The third-order valence-electron chi connectivity index (χ3n) is 5.39. The minimum absolute atomic E-state index is 0.191. The van der Waals surface area contributed by atoms with Crippen molar-refractivity contribution >= 4 is 21.5 Å². The molecule has 0 fully saturated rings. The Labute approximate surface area is 180 Å². The van der Waals surface area contributed by atoms with Crippen molar-refractivity contribution in [3.63, 3.8) is 0 Å². The Morgan fingerprint density at radius 1 is 0.719 bits per heavy atom. The molecule has 0 N–H and O–H groups in total. The maximum Gasteiger partial charge on any atom is 0.573 e. The van der Waals surface area contributed by atoms with Crippen LogP contribution >= 0.6 is 0 Å². The molecule has 0 atom stereocenters. The highest BCUT2D eigenvalue weighted by Gasteiger charge is 2.32. The molecule has 32 heavy (non-hydrogen) atoms. The maximum atomic E-state index is 14.9. The molecule has 4 aromatic carbocycles. The summed E-state index contributed by atoms with van der Waals surface area (Å²) >= 11 is 0. The zero-order valence-corrected chi connectivity index (χ0v) is 17.0. The van der Waals surface area contributed by atoms with Gasteiger partial charge in [-0.05, 0) is 64.6 Å². The Morgan fingerprint density at radius 2 is 1.38 bits per heavy atom. The number of fused-ring (bicyclic) bond motifs is 3. The highest BCUT2D eigenvalue weighted by molar-refractivity contribution is 6.09.